The molecule has 1 aliphatic rings. The Labute approximate surface area is 190 Å². The zero-order chi connectivity index (χ0) is 22.7. The third kappa shape index (κ3) is 2.67. The summed E-state index contributed by atoms with van der Waals surface area (Å²) in [6, 6.07) is 27.9. The number of para-hydroxylation sites is 2. The smallest absolute Gasteiger partial charge is 0.331 e. The van der Waals surface area contributed by atoms with E-state index in [0.29, 0.717) is 10.9 Å². The summed E-state index contributed by atoms with van der Waals surface area (Å²) in [4.78, 5) is 26.6. The minimum absolute atomic E-state index is 0.237. The van der Waals surface area contributed by atoms with Crippen LogP contribution in [0.1, 0.15) is 17.3 Å². The molecule has 3 heterocycles. The highest BCUT2D eigenvalue weighted by molar-refractivity contribution is 5.99. The van der Waals surface area contributed by atoms with E-state index in [1.165, 1.54) is 11.6 Å². The van der Waals surface area contributed by atoms with Crippen LogP contribution < -0.4 is 16.6 Å². The fraction of sp³-hybridized carbons (Fsp3) is 0.111. The maximum absolute atomic E-state index is 13.6. The van der Waals surface area contributed by atoms with Gasteiger partial charge < -0.3 is 9.88 Å². The molecule has 1 aliphatic heterocycles. The van der Waals surface area contributed by atoms with E-state index in [1.807, 2.05) is 72.8 Å². The van der Waals surface area contributed by atoms with Crippen LogP contribution in [-0.2, 0) is 14.1 Å². The standard InChI is InChI=1S/C27H22N4O2/c1-29-24-21(26(32)30(2)27(29)33)23(18-13-7-4-8-14-18)31-20-16-10-9-15-19(20)28-22(25(24)31)17-11-5-3-6-12-17/h3-16,22,28H,1-2H3/t22-/m0/s1. The van der Waals surface area contributed by atoms with Crippen molar-refractivity contribution in [3.8, 4) is 16.9 Å². The monoisotopic (exact) mass is 434 g/mol. The predicted octanol–water partition coefficient (Wildman–Crippen LogP) is 4.21. The van der Waals surface area contributed by atoms with E-state index in [-0.39, 0.29) is 17.3 Å². The van der Waals surface area contributed by atoms with Gasteiger partial charge in [0.1, 0.15) is 0 Å². The van der Waals surface area contributed by atoms with Gasteiger partial charge in [0.2, 0.25) is 0 Å². The third-order valence-corrected chi connectivity index (χ3v) is 6.51. The van der Waals surface area contributed by atoms with E-state index in [0.717, 1.165) is 33.9 Å². The highest BCUT2D eigenvalue weighted by Gasteiger charge is 2.34. The summed E-state index contributed by atoms with van der Waals surface area (Å²) in [5.41, 5.74) is 5.59. The Morgan fingerprint density at radius 2 is 1.39 bits per heavy atom. The van der Waals surface area contributed by atoms with Crippen molar-refractivity contribution in [1.82, 2.24) is 13.7 Å². The average Bonchev–Trinajstić information content (AvgIpc) is 3.23. The van der Waals surface area contributed by atoms with Crippen LogP contribution >= 0.6 is 0 Å². The predicted molar refractivity (Wildman–Crippen MR) is 131 cm³/mol. The van der Waals surface area contributed by atoms with E-state index in [9.17, 15) is 9.59 Å². The number of hydrogen-bond donors (Lipinski definition) is 1. The summed E-state index contributed by atoms with van der Waals surface area (Å²) in [7, 11) is 3.28. The normalized spacial score (nSPS) is 14.5. The van der Waals surface area contributed by atoms with Crippen LogP contribution in [0, 0.1) is 0 Å². The fourth-order valence-electron chi connectivity index (χ4n) is 4.98. The minimum atomic E-state index is -0.341. The molecule has 5 aromatic rings. The highest BCUT2D eigenvalue weighted by Crippen LogP contribution is 2.45. The summed E-state index contributed by atoms with van der Waals surface area (Å²) in [6.07, 6.45) is 0. The molecule has 1 N–H and O–H groups in total. The number of benzene rings is 3. The van der Waals surface area contributed by atoms with E-state index < -0.39 is 0 Å². The maximum atomic E-state index is 13.6. The molecule has 0 saturated heterocycles. The lowest BCUT2D eigenvalue weighted by atomic mass is 9.99. The molecule has 0 saturated carbocycles. The van der Waals surface area contributed by atoms with Gasteiger partial charge in [-0.25, -0.2) is 4.79 Å². The first-order valence-electron chi connectivity index (χ1n) is 10.9. The largest absolute Gasteiger partial charge is 0.371 e. The molecular weight excluding hydrogens is 412 g/mol. The van der Waals surface area contributed by atoms with Crippen molar-refractivity contribution < 1.29 is 0 Å². The quantitative estimate of drug-likeness (QED) is 0.453. The van der Waals surface area contributed by atoms with E-state index in [4.69, 9.17) is 0 Å². The zero-order valence-electron chi connectivity index (χ0n) is 18.3. The van der Waals surface area contributed by atoms with Gasteiger partial charge in [0.05, 0.1) is 39.7 Å². The summed E-state index contributed by atoms with van der Waals surface area (Å²) >= 11 is 0. The zero-order valence-corrected chi connectivity index (χ0v) is 18.3. The third-order valence-electron chi connectivity index (χ3n) is 6.51. The van der Waals surface area contributed by atoms with Gasteiger partial charge in [0, 0.05) is 14.1 Å². The van der Waals surface area contributed by atoms with Crippen molar-refractivity contribution in [2.45, 2.75) is 6.04 Å². The first-order valence-corrected chi connectivity index (χ1v) is 10.9. The Morgan fingerprint density at radius 3 is 2.12 bits per heavy atom. The van der Waals surface area contributed by atoms with Gasteiger partial charge in [-0.2, -0.15) is 0 Å². The summed E-state index contributed by atoms with van der Waals surface area (Å²) in [5.74, 6) is 0. The van der Waals surface area contributed by atoms with Gasteiger partial charge in [-0.3, -0.25) is 13.9 Å². The number of fused-ring (bicyclic) bond motifs is 5. The van der Waals surface area contributed by atoms with Gasteiger partial charge in [0.25, 0.3) is 5.56 Å². The Kier molecular flexibility index (Phi) is 4.17. The first kappa shape index (κ1) is 19.4. The Bertz CT molecular complexity index is 1640. The molecule has 0 spiro atoms. The second kappa shape index (κ2) is 7.10. The molecule has 0 radical (unpaired) electrons. The van der Waals surface area contributed by atoms with Crippen molar-refractivity contribution in [1.29, 1.82) is 0 Å². The van der Waals surface area contributed by atoms with Crippen molar-refractivity contribution in [3.63, 3.8) is 0 Å². The van der Waals surface area contributed by atoms with Crippen molar-refractivity contribution in [2.75, 3.05) is 5.32 Å². The first-order chi connectivity index (χ1) is 16.1. The second-order valence-electron chi connectivity index (χ2n) is 8.37. The molecule has 0 aliphatic carbocycles. The van der Waals surface area contributed by atoms with Crippen LogP contribution in [0.15, 0.2) is 94.5 Å². The lowest BCUT2D eigenvalue weighted by Gasteiger charge is -2.31. The SMILES string of the molecule is Cn1c(=O)c2c(-c3ccccc3)n3c(c2n(C)c1=O)[C@H](c1ccccc1)Nc1ccccc1-3. The molecule has 2 aromatic heterocycles. The van der Waals surface area contributed by atoms with Gasteiger partial charge in [0.15, 0.2) is 0 Å². The molecule has 6 nitrogen and oxygen atoms in total. The Morgan fingerprint density at radius 1 is 0.758 bits per heavy atom. The van der Waals surface area contributed by atoms with Crippen molar-refractivity contribution in [3.05, 3.63) is 117 Å². The van der Waals surface area contributed by atoms with Crippen LogP contribution in [0.2, 0.25) is 0 Å². The van der Waals surface area contributed by atoms with Gasteiger partial charge in [-0.1, -0.05) is 72.8 Å². The molecule has 0 unspecified atom stereocenters. The molecule has 6 heteroatoms. The number of anilines is 1. The second-order valence-corrected chi connectivity index (χ2v) is 8.37. The number of nitrogens with zero attached hydrogens (tertiary/aromatic N) is 3. The molecule has 0 fully saturated rings. The molecule has 3 aromatic carbocycles. The number of nitrogens with one attached hydrogen (secondary N) is 1. The van der Waals surface area contributed by atoms with E-state index in [2.05, 4.69) is 22.0 Å². The van der Waals surface area contributed by atoms with Crippen molar-refractivity contribution in [2.24, 2.45) is 14.1 Å². The number of aryl methyl sites for hydroxylation is 1. The molecule has 33 heavy (non-hydrogen) atoms. The summed E-state index contributed by atoms with van der Waals surface area (Å²) < 4.78 is 4.95. The lowest BCUT2D eigenvalue weighted by molar-refractivity contribution is 0.708. The number of aromatic nitrogens is 3. The lowest BCUT2D eigenvalue weighted by Crippen LogP contribution is -2.37. The highest BCUT2D eigenvalue weighted by atomic mass is 16.2. The molecular formula is C27H22N4O2. The fourth-order valence-corrected chi connectivity index (χ4v) is 4.98. The number of rotatable bonds is 2. The molecule has 0 amide bonds. The van der Waals surface area contributed by atoms with Crippen LogP contribution in [-0.4, -0.2) is 13.7 Å². The molecule has 0 bridgehead atoms. The summed E-state index contributed by atoms with van der Waals surface area (Å²) in [5, 5.41) is 4.20. The van der Waals surface area contributed by atoms with Crippen LogP contribution in [0.3, 0.4) is 0 Å². The summed E-state index contributed by atoms with van der Waals surface area (Å²) in [6.45, 7) is 0. The Hall–Kier alpha value is -4.32. The van der Waals surface area contributed by atoms with Gasteiger partial charge in [-0.05, 0) is 23.3 Å². The van der Waals surface area contributed by atoms with E-state index in [1.54, 1.807) is 11.6 Å². The minimum Gasteiger partial charge on any atom is -0.371 e. The van der Waals surface area contributed by atoms with Gasteiger partial charge >= 0.3 is 5.69 Å². The van der Waals surface area contributed by atoms with Crippen LogP contribution in [0.5, 0.6) is 0 Å². The molecule has 162 valence electrons. The van der Waals surface area contributed by atoms with Crippen LogP contribution in [0.25, 0.3) is 27.8 Å². The maximum Gasteiger partial charge on any atom is 0.331 e. The average molecular weight is 434 g/mol. The molecule has 1 atom stereocenters. The number of hydrogen-bond acceptors (Lipinski definition) is 3. The topological polar surface area (TPSA) is 61.0 Å². The van der Waals surface area contributed by atoms with Crippen LogP contribution in [0.4, 0.5) is 5.69 Å². The van der Waals surface area contributed by atoms with Crippen molar-refractivity contribution >= 4 is 16.6 Å². The van der Waals surface area contributed by atoms with E-state index >= 15 is 0 Å². The van der Waals surface area contributed by atoms with Gasteiger partial charge in [-0.15, -0.1) is 0 Å². The molecule has 6 rings (SSSR count). The Balaban J connectivity index is 1.89.